The van der Waals surface area contributed by atoms with Crippen molar-refractivity contribution in [2.45, 2.75) is 23.6 Å². The topological polar surface area (TPSA) is 166 Å². The van der Waals surface area contributed by atoms with Crippen molar-refractivity contribution in [1.29, 1.82) is 0 Å². The first-order valence-corrected chi connectivity index (χ1v) is 10.3. The minimum absolute atomic E-state index is 0. The molecule has 0 heterocycles. The second-order valence-electron chi connectivity index (χ2n) is 5.12. The van der Waals surface area contributed by atoms with E-state index in [4.69, 9.17) is 34.7 Å². The van der Waals surface area contributed by atoms with Crippen LogP contribution in [0.5, 0.6) is 0 Å². The molecular formula is C14H14CaCl2N2O6S2. The van der Waals surface area contributed by atoms with Gasteiger partial charge in [-0.15, -0.1) is 0 Å². The van der Waals surface area contributed by atoms with Crippen LogP contribution in [0, 0.1) is 13.8 Å². The van der Waals surface area contributed by atoms with Crippen LogP contribution in [0.4, 0.5) is 11.4 Å². The van der Waals surface area contributed by atoms with Crippen LogP contribution in [0.3, 0.4) is 0 Å². The summed E-state index contributed by atoms with van der Waals surface area (Å²) in [4.78, 5) is -0.939. The normalized spacial score (nSPS) is 11.2. The summed E-state index contributed by atoms with van der Waals surface area (Å²) in [6.07, 6.45) is 0. The van der Waals surface area contributed by atoms with Crippen LogP contribution in [-0.2, 0) is 20.2 Å². The molecule has 0 unspecified atom stereocenters. The molecule has 0 amide bonds. The Morgan fingerprint density at radius 1 is 0.741 bits per heavy atom. The Morgan fingerprint density at radius 2 is 1.00 bits per heavy atom. The van der Waals surface area contributed by atoms with E-state index >= 15 is 0 Å². The van der Waals surface area contributed by atoms with E-state index in [1.807, 2.05) is 0 Å². The predicted octanol–water partition coefficient (Wildman–Crippen LogP) is 1.89. The summed E-state index contributed by atoms with van der Waals surface area (Å²) < 4.78 is 63.7. The summed E-state index contributed by atoms with van der Waals surface area (Å²) in [5, 5.41) is 0.217. The molecule has 144 valence electrons. The molecule has 27 heavy (non-hydrogen) atoms. The molecule has 0 saturated carbocycles. The molecule has 0 spiro atoms. The van der Waals surface area contributed by atoms with Gasteiger partial charge in [0.2, 0.25) is 0 Å². The first kappa shape index (κ1) is 26.7. The summed E-state index contributed by atoms with van der Waals surface area (Å²) in [5.41, 5.74) is 11.6. The van der Waals surface area contributed by atoms with Crippen molar-refractivity contribution in [3.63, 3.8) is 0 Å². The second kappa shape index (κ2) is 9.95. The van der Waals surface area contributed by atoms with Crippen LogP contribution in [0.25, 0.3) is 0 Å². The Bertz CT molecular complexity index is 974. The van der Waals surface area contributed by atoms with Gasteiger partial charge in [-0.2, -0.15) is 0 Å². The SMILES string of the molecule is Cc1ccc(S(=O)(=O)[O-])c(N)c1Cl.Cc1ccc(S(=O)(=O)[O-])c(N)c1Cl.[Ca+2]. The molecule has 0 radical (unpaired) electrons. The zero-order valence-corrected chi connectivity index (χ0v) is 19.5. The summed E-state index contributed by atoms with van der Waals surface area (Å²) in [6.45, 7) is 3.33. The third-order valence-electron chi connectivity index (χ3n) is 3.20. The Labute approximate surface area is 197 Å². The van der Waals surface area contributed by atoms with Crippen molar-refractivity contribution in [1.82, 2.24) is 0 Å². The molecule has 0 aromatic heterocycles. The average molecular weight is 481 g/mol. The monoisotopic (exact) mass is 480 g/mol. The minimum Gasteiger partial charge on any atom is -0.744 e. The van der Waals surface area contributed by atoms with Gasteiger partial charge in [-0.05, 0) is 37.1 Å². The quantitative estimate of drug-likeness (QED) is 0.373. The Kier molecular flexibility index (Phi) is 9.84. The van der Waals surface area contributed by atoms with E-state index in [1.165, 1.54) is 12.1 Å². The molecule has 0 aliphatic heterocycles. The van der Waals surface area contributed by atoms with Gasteiger partial charge in [-0.3, -0.25) is 0 Å². The minimum atomic E-state index is -4.53. The van der Waals surface area contributed by atoms with Gasteiger partial charge in [0.1, 0.15) is 20.2 Å². The molecule has 2 rings (SSSR count). The molecular weight excluding hydrogens is 467 g/mol. The molecule has 0 saturated heterocycles. The third kappa shape index (κ3) is 6.91. The average Bonchev–Trinajstić information content (AvgIpc) is 2.48. The van der Waals surface area contributed by atoms with Crippen LogP contribution >= 0.6 is 23.2 Å². The number of rotatable bonds is 2. The van der Waals surface area contributed by atoms with E-state index in [0.717, 1.165) is 12.1 Å². The molecule has 0 fully saturated rings. The van der Waals surface area contributed by atoms with Crippen molar-refractivity contribution in [3.05, 3.63) is 45.4 Å². The molecule has 0 bridgehead atoms. The van der Waals surface area contributed by atoms with Gasteiger partial charge in [-0.1, -0.05) is 35.3 Å². The van der Waals surface area contributed by atoms with Crippen LogP contribution in [0.1, 0.15) is 11.1 Å². The Morgan fingerprint density at radius 3 is 1.22 bits per heavy atom. The largest absolute Gasteiger partial charge is 2.00 e. The molecule has 4 N–H and O–H groups in total. The summed E-state index contributed by atoms with van der Waals surface area (Å²) in [6, 6.07) is 5.17. The third-order valence-corrected chi connectivity index (χ3v) is 6.00. The van der Waals surface area contributed by atoms with Crippen LogP contribution in [0.2, 0.25) is 10.0 Å². The van der Waals surface area contributed by atoms with E-state index < -0.39 is 30.0 Å². The molecule has 0 aliphatic rings. The molecule has 2 aromatic rings. The number of benzene rings is 2. The summed E-state index contributed by atoms with van der Waals surface area (Å²) >= 11 is 11.3. The first-order valence-electron chi connectivity index (χ1n) is 6.68. The summed E-state index contributed by atoms with van der Waals surface area (Å²) in [5.74, 6) is 0. The molecule has 0 aliphatic carbocycles. The van der Waals surface area contributed by atoms with Crippen molar-refractivity contribution >= 4 is 92.6 Å². The first-order chi connectivity index (χ1) is 11.7. The number of nitrogens with two attached hydrogens (primary N) is 2. The number of hydrogen-bond acceptors (Lipinski definition) is 8. The number of halogens is 2. The predicted molar refractivity (Wildman–Crippen MR) is 103 cm³/mol. The number of nitrogen functional groups attached to an aromatic ring is 2. The number of hydrogen-bond donors (Lipinski definition) is 2. The van der Waals surface area contributed by atoms with E-state index in [-0.39, 0.29) is 59.2 Å². The van der Waals surface area contributed by atoms with Crippen molar-refractivity contribution in [2.75, 3.05) is 11.5 Å². The van der Waals surface area contributed by atoms with Gasteiger partial charge in [0.15, 0.2) is 0 Å². The maximum atomic E-state index is 10.6. The van der Waals surface area contributed by atoms with Crippen molar-refractivity contribution in [2.24, 2.45) is 0 Å². The Balaban J connectivity index is 0.000000483. The van der Waals surface area contributed by atoms with Gasteiger partial charge in [0.05, 0.1) is 31.2 Å². The number of anilines is 2. The molecule has 0 atom stereocenters. The fourth-order valence-electron chi connectivity index (χ4n) is 1.80. The van der Waals surface area contributed by atoms with Gasteiger partial charge in [0.25, 0.3) is 0 Å². The van der Waals surface area contributed by atoms with Gasteiger partial charge in [0, 0.05) is 0 Å². The van der Waals surface area contributed by atoms with Crippen molar-refractivity contribution < 1.29 is 25.9 Å². The molecule has 2 aromatic carbocycles. The maximum Gasteiger partial charge on any atom is 2.00 e. The van der Waals surface area contributed by atoms with E-state index in [9.17, 15) is 25.9 Å². The molecule has 8 nitrogen and oxygen atoms in total. The van der Waals surface area contributed by atoms with E-state index in [2.05, 4.69) is 0 Å². The van der Waals surface area contributed by atoms with Gasteiger partial charge >= 0.3 is 37.7 Å². The molecule has 13 heteroatoms. The van der Waals surface area contributed by atoms with Gasteiger partial charge in [-0.25, -0.2) is 16.8 Å². The van der Waals surface area contributed by atoms with Crippen LogP contribution < -0.4 is 11.5 Å². The van der Waals surface area contributed by atoms with Crippen LogP contribution in [0.15, 0.2) is 34.1 Å². The fourth-order valence-corrected chi connectivity index (χ4v) is 3.46. The standard InChI is InChI=1S/2C7H8ClNO3S.Ca/c2*1-4-2-3-5(13(10,11)12)7(9)6(4)8;/h2*2-3H,9H2,1H3,(H,10,11,12);/q;;+2/p-2. The fraction of sp³-hybridized carbons (Fsp3) is 0.143. The van der Waals surface area contributed by atoms with E-state index in [1.54, 1.807) is 13.8 Å². The number of aryl methyl sites for hydroxylation is 2. The summed E-state index contributed by atoms with van der Waals surface area (Å²) in [7, 11) is -9.06. The zero-order chi connectivity index (χ0) is 20.4. The maximum absolute atomic E-state index is 10.6. The van der Waals surface area contributed by atoms with Gasteiger partial charge < -0.3 is 20.6 Å². The van der Waals surface area contributed by atoms with Crippen LogP contribution in [-0.4, -0.2) is 63.7 Å². The second-order valence-corrected chi connectivity index (χ2v) is 8.58. The smallest absolute Gasteiger partial charge is 0.744 e. The zero-order valence-electron chi connectivity index (χ0n) is 14.2. The van der Waals surface area contributed by atoms with Crippen molar-refractivity contribution in [3.8, 4) is 0 Å². The Hall–Kier alpha value is -0.300. The van der Waals surface area contributed by atoms with E-state index in [0.29, 0.717) is 11.1 Å².